The average molecular weight is 406 g/mol. The Labute approximate surface area is 169 Å². The molecule has 0 radical (unpaired) electrons. The van der Waals surface area contributed by atoms with Crippen molar-refractivity contribution in [2.45, 2.75) is 135 Å². The van der Waals surface area contributed by atoms with Gasteiger partial charge in [0.05, 0.1) is 0 Å². The van der Waals surface area contributed by atoms with Gasteiger partial charge >= 0.3 is 7.75 Å². The van der Waals surface area contributed by atoms with Gasteiger partial charge in [-0.3, -0.25) is 0 Å². The van der Waals surface area contributed by atoms with Crippen molar-refractivity contribution in [2.75, 3.05) is 7.05 Å². The maximum atomic E-state index is 11.7. The highest BCUT2D eigenvalue weighted by molar-refractivity contribution is 7.49. The van der Waals surface area contributed by atoms with Crippen LogP contribution >= 0.6 is 7.75 Å². The van der Waals surface area contributed by atoms with E-state index in [9.17, 15) is 14.4 Å². The van der Waals surface area contributed by atoms with Crippen LogP contribution in [-0.4, -0.2) is 27.5 Å². The Bertz CT molecular complexity index is 339. The zero-order valence-electron chi connectivity index (χ0n) is 18.5. The van der Waals surface area contributed by atoms with E-state index in [1.807, 2.05) is 0 Å². The highest BCUT2D eigenvalue weighted by Crippen LogP contribution is 2.42. The summed E-state index contributed by atoms with van der Waals surface area (Å²) in [5, 5.41) is 0. The number of hydrogen-bond donors (Lipinski definition) is 2. The van der Waals surface area contributed by atoms with Crippen LogP contribution in [-0.2, 0) is 4.57 Å². The molecule has 0 rings (SSSR count). The fourth-order valence-electron chi connectivity index (χ4n) is 3.76. The van der Waals surface area contributed by atoms with E-state index >= 15 is 0 Å². The maximum Gasteiger partial charge on any atom is 0.402 e. The van der Waals surface area contributed by atoms with Gasteiger partial charge in [0.2, 0.25) is 0 Å². The van der Waals surface area contributed by atoms with E-state index in [-0.39, 0.29) is 6.04 Å². The highest BCUT2D eigenvalue weighted by Gasteiger charge is 2.28. The number of nitrogens with zero attached hydrogens (tertiary/aromatic N) is 1. The van der Waals surface area contributed by atoms with Gasteiger partial charge in [0.15, 0.2) is 0 Å². The van der Waals surface area contributed by atoms with Crippen LogP contribution in [0.25, 0.3) is 0 Å². The van der Waals surface area contributed by atoms with E-state index in [0.29, 0.717) is 0 Å². The summed E-state index contributed by atoms with van der Waals surface area (Å²) in [5.74, 6) is 0. The van der Waals surface area contributed by atoms with Crippen LogP contribution in [0.4, 0.5) is 0 Å². The molecular weight excluding hydrogens is 357 g/mol. The minimum absolute atomic E-state index is 0.0195. The van der Waals surface area contributed by atoms with Crippen molar-refractivity contribution in [2.24, 2.45) is 0 Å². The molecule has 0 saturated heterocycles. The fraction of sp³-hybridized carbons (Fsp3) is 1.00. The second kappa shape index (κ2) is 18.2. The first-order valence-corrected chi connectivity index (χ1v) is 13.3. The van der Waals surface area contributed by atoms with Gasteiger partial charge in [0, 0.05) is 6.04 Å². The Hall–Kier alpha value is 0.110. The third-order valence-electron chi connectivity index (χ3n) is 5.72. The molecule has 0 aromatic carbocycles. The number of hydrogen-bond acceptors (Lipinski definition) is 1. The van der Waals surface area contributed by atoms with E-state index in [2.05, 4.69) is 13.8 Å². The second-order valence-electron chi connectivity index (χ2n) is 8.27. The van der Waals surface area contributed by atoms with Gasteiger partial charge in [0.1, 0.15) is 0 Å². The van der Waals surface area contributed by atoms with Crippen molar-refractivity contribution in [1.82, 2.24) is 4.67 Å². The average Bonchev–Trinajstić information content (AvgIpc) is 2.63. The number of unbranched alkanes of at least 4 members (excludes halogenated alkanes) is 14. The van der Waals surface area contributed by atoms with Gasteiger partial charge in [-0.05, 0) is 19.9 Å². The van der Waals surface area contributed by atoms with Gasteiger partial charge < -0.3 is 9.79 Å². The van der Waals surface area contributed by atoms with Gasteiger partial charge in [-0.2, -0.15) is 0 Å². The molecule has 164 valence electrons. The molecule has 0 aromatic rings. The zero-order valence-corrected chi connectivity index (χ0v) is 19.4. The molecule has 0 aromatic heterocycles. The van der Waals surface area contributed by atoms with Crippen LogP contribution in [0.3, 0.4) is 0 Å². The van der Waals surface area contributed by atoms with Crippen LogP contribution < -0.4 is 0 Å². The first kappa shape index (κ1) is 27.1. The summed E-state index contributed by atoms with van der Waals surface area (Å²) >= 11 is 0. The van der Waals surface area contributed by atoms with Crippen LogP contribution in [0.2, 0.25) is 0 Å². The molecule has 0 atom stereocenters. The molecule has 5 heteroatoms. The van der Waals surface area contributed by atoms with Gasteiger partial charge in [-0.25, -0.2) is 9.24 Å². The third kappa shape index (κ3) is 16.7. The summed E-state index contributed by atoms with van der Waals surface area (Å²) in [6.07, 6.45) is 22.1. The quantitative estimate of drug-likeness (QED) is 0.163. The van der Waals surface area contributed by atoms with E-state index in [1.54, 1.807) is 7.05 Å². The lowest BCUT2D eigenvalue weighted by atomic mass is 10.00. The van der Waals surface area contributed by atoms with E-state index in [0.717, 1.165) is 25.7 Å². The predicted octanol–water partition coefficient (Wildman–Crippen LogP) is 7.44. The first-order chi connectivity index (χ1) is 12.9. The molecule has 0 amide bonds. The smallest absolute Gasteiger partial charge is 0.312 e. The maximum absolute atomic E-state index is 11.7. The summed E-state index contributed by atoms with van der Waals surface area (Å²) in [6.45, 7) is 4.48. The lowest BCUT2D eigenvalue weighted by Gasteiger charge is -2.28. The van der Waals surface area contributed by atoms with Crippen molar-refractivity contribution < 1.29 is 14.4 Å². The minimum Gasteiger partial charge on any atom is -0.312 e. The Morgan fingerprint density at radius 2 is 0.926 bits per heavy atom. The van der Waals surface area contributed by atoms with Crippen LogP contribution in [0.15, 0.2) is 0 Å². The molecule has 0 aliphatic rings. The lowest BCUT2D eigenvalue weighted by molar-refractivity contribution is 0.232. The topological polar surface area (TPSA) is 60.8 Å². The van der Waals surface area contributed by atoms with E-state index in [1.165, 1.54) is 94.6 Å². The second-order valence-corrected chi connectivity index (χ2v) is 9.93. The van der Waals surface area contributed by atoms with Crippen molar-refractivity contribution in [3.63, 3.8) is 0 Å². The zero-order chi connectivity index (χ0) is 20.4. The lowest BCUT2D eigenvalue weighted by Crippen LogP contribution is -2.29. The van der Waals surface area contributed by atoms with E-state index in [4.69, 9.17) is 0 Å². The molecule has 0 heterocycles. The Morgan fingerprint density at radius 3 is 1.22 bits per heavy atom. The molecule has 2 N–H and O–H groups in total. The molecule has 0 aliphatic heterocycles. The van der Waals surface area contributed by atoms with Crippen molar-refractivity contribution in [3.8, 4) is 0 Å². The van der Waals surface area contributed by atoms with Crippen molar-refractivity contribution in [3.05, 3.63) is 0 Å². The van der Waals surface area contributed by atoms with Crippen molar-refractivity contribution in [1.29, 1.82) is 0 Å². The molecule has 4 nitrogen and oxygen atoms in total. The minimum atomic E-state index is -4.13. The molecule has 0 aliphatic carbocycles. The Morgan fingerprint density at radius 1 is 0.630 bits per heavy atom. The summed E-state index contributed by atoms with van der Waals surface area (Å²) in [7, 11) is -2.53. The largest absolute Gasteiger partial charge is 0.402 e. The first-order valence-electron chi connectivity index (χ1n) is 11.7. The standard InChI is InChI=1S/C22H48NO3P/c1-4-6-8-10-12-14-16-18-20-22(23(3)27(24,25)26)21-19-17-15-13-11-9-7-5-2/h22H,4-21H2,1-3H3,(H2,24,25,26). The summed E-state index contributed by atoms with van der Waals surface area (Å²) in [6, 6.07) is 0.0195. The molecule has 27 heavy (non-hydrogen) atoms. The van der Waals surface area contributed by atoms with Crippen LogP contribution in [0.1, 0.15) is 129 Å². The van der Waals surface area contributed by atoms with Crippen LogP contribution in [0.5, 0.6) is 0 Å². The summed E-state index contributed by atoms with van der Waals surface area (Å²) < 4.78 is 13.0. The fourth-order valence-corrected chi connectivity index (χ4v) is 4.41. The van der Waals surface area contributed by atoms with E-state index < -0.39 is 7.75 Å². The molecular formula is C22H48NO3P. The third-order valence-corrected chi connectivity index (χ3v) is 6.87. The highest BCUT2D eigenvalue weighted by atomic mass is 31.2. The predicted molar refractivity (Wildman–Crippen MR) is 118 cm³/mol. The Balaban J connectivity index is 3.97. The summed E-state index contributed by atoms with van der Waals surface area (Å²) in [4.78, 5) is 19.1. The van der Waals surface area contributed by atoms with Crippen LogP contribution in [0, 0.1) is 0 Å². The normalized spacial score (nSPS) is 12.4. The van der Waals surface area contributed by atoms with Gasteiger partial charge in [0.25, 0.3) is 0 Å². The monoisotopic (exact) mass is 405 g/mol. The van der Waals surface area contributed by atoms with Gasteiger partial charge in [-0.1, -0.05) is 117 Å². The van der Waals surface area contributed by atoms with Gasteiger partial charge in [-0.15, -0.1) is 0 Å². The number of rotatable bonds is 20. The summed E-state index contributed by atoms with van der Waals surface area (Å²) in [5.41, 5.74) is 0. The molecule has 0 spiro atoms. The SMILES string of the molecule is CCCCCCCCCCC(CCCCCCCCCC)N(C)P(=O)(O)O. The molecule has 0 unspecified atom stereocenters. The molecule has 0 fully saturated rings. The van der Waals surface area contributed by atoms with Crippen molar-refractivity contribution >= 4 is 7.75 Å². The Kier molecular flexibility index (Phi) is 18.2. The molecule has 0 saturated carbocycles. The molecule has 0 bridgehead atoms.